The van der Waals surface area contributed by atoms with Gasteiger partial charge in [-0.15, -0.1) is 0 Å². The molecule has 0 spiro atoms. The average Bonchev–Trinajstić information content (AvgIpc) is 2.71. The smallest absolute Gasteiger partial charge is 0.369 e. The second kappa shape index (κ2) is 4.40. The van der Waals surface area contributed by atoms with E-state index in [-0.39, 0.29) is 0 Å². The topological polar surface area (TPSA) is 90.0 Å². The standard InChI is InChI=1S/C10H9FN4O3/c1-6(9(16)17)14-10(18)15(13-12-14)8-4-2-7(11)3-5-8/h2-6H,1H3,(H,16,17). The number of carbonyl (C=O) groups is 1. The van der Waals surface area contributed by atoms with E-state index in [2.05, 4.69) is 10.4 Å². The number of rotatable bonds is 3. The third kappa shape index (κ3) is 1.99. The lowest BCUT2D eigenvalue weighted by molar-refractivity contribution is -0.140. The Balaban J connectivity index is 2.46. The Labute approximate surface area is 100 Å². The van der Waals surface area contributed by atoms with E-state index in [9.17, 15) is 14.0 Å². The lowest BCUT2D eigenvalue weighted by atomic mass is 10.3. The van der Waals surface area contributed by atoms with Crippen LogP contribution in [0.15, 0.2) is 29.1 Å². The molecule has 2 aromatic rings. The van der Waals surface area contributed by atoms with Crippen molar-refractivity contribution in [1.82, 2.24) is 19.8 Å². The fraction of sp³-hybridized carbons (Fsp3) is 0.200. The van der Waals surface area contributed by atoms with E-state index >= 15 is 0 Å². The third-order valence-electron chi connectivity index (χ3n) is 2.40. The minimum atomic E-state index is -1.19. The molecule has 1 N–H and O–H groups in total. The predicted molar refractivity (Wildman–Crippen MR) is 57.9 cm³/mol. The van der Waals surface area contributed by atoms with Gasteiger partial charge in [0.15, 0.2) is 6.04 Å². The molecule has 1 aromatic heterocycles. The summed E-state index contributed by atoms with van der Waals surface area (Å²) in [4.78, 5) is 22.6. The number of tetrazole rings is 1. The number of carboxylic acid groups (broad SMARTS) is 1. The van der Waals surface area contributed by atoms with Gasteiger partial charge in [-0.25, -0.2) is 14.0 Å². The van der Waals surface area contributed by atoms with Crippen molar-refractivity contribution in [2.45, 2.75) is 13.0 Å². The predicted octanol–water partition coefficient (Wildman–Crippen LogP) is 0.214. The lowest BCUT2D eigenvalue weighted by Gasteiger charge is -2.02. The van der Waals surface area contributed by atoms with Gasteiger partial charge in [0.1, 0.15) is 5.82 Å². The molecule has 0 fully saturated rings. The fourth-order valence-electron chi connectivity index (χ4n) is 1.35. The maximum Gasteiger partial charge on any atom is 0.369 e. The van der Waals surface area contributed by atoms with Gasteiger partial charge in [-0.3, -0.25) is 0 Å². The molecule has 18 heavy (non-hydrogen) atoms. The highest BCUT2D eigenvalue weighted by atomic mass is 19.1. The summed E-state index contributed by atoms with van der Waals surface area (Å²) in [6.07, 6.45) is 0. The number of benzene rings is 1. The summed E-state index contributed by atoms with van der Waals surface area (Å²) in [7, 11) is 0. The first-order valence-electron chi connectivity index (χ1n) is 5.04. The lowest BCUT2D eigenvalue weighted by Crippen LogP contribution is -2.30. The Bertz CT molecular complexity index is 631. The van der Waals surface area contributed by atoms with Crippen LogP contribution in [0.2, 0.25) is 0 Å². The van der Waals surface area contributed by atoms with Gasteiger partial charge in [0, 0.05) is 0 Å². The first kappa shape index (κ1) is 12.0. The van der Waals surface area contributed by atoms with E-state index in [1.165, 1.54) is 31.2 Å². The van der Waals surface area contributed by atoms with Crippen molar-refractivity contribution >= 4 is 5.97 Å². The Hall–Kier alpha value is -2.51. The normalized spacial score (nSPS) is 12.3. The van der Waals surface area contributed by atoms with Crippen LogP contribution in [0.4, 0.5) is 4.39 Å². The molecule has 1 aromatic carbocycles. The third-order valence-corrected chi connectivity index (χ3v) is 2.40. The highest BCUT2D eigenvalue weighted by Gasteiger charge is 2.19. The number of aliphatic carboxylic acids is 1. The van der Waals surface area contributed by atoms with Gasteiger partial charge in [-0.1, -0.05) is 0 Å². The zero-order valence-corrected chi connectivity index (χ0v) is 9.32. The van der Waals surface area contributed by atoms with Crippen molar-refractivity contribution in [1.29, 1.82) is 0 Å². The number of hydrogen-bond acceptors (Lipinski definition) is 4. The maximum atomic E-state index is 12.7. The second-order valence-electron chi connectivity index (χ2n) is 3.61. The molecular formula is C10H9FN4O3. The van der Waals surface area contributed by atoms with Gasteiger partial charge >= 0.3 is 11.7 Å². The summed E-state index contributed by atoms with van der Waals surface area (Å²) >= 11 is 0. The molecule has 1 unspecified atom stereocenters. The molecule has 0 aliphatic heterocycles. The van der Waals surface area contributed by atoms with Crippen molar-refractivity contribution in [3.05, 3.63) is 40.6 Å². The molecule has 0 saturated heterocycles. The van der Waals surface area contributed by atoms with Gasteiger partial charge in [-0.2, -0.15) is 9.36 Å². The van der Waals surface area contributed by atoms with Crippen LogP contribution in [-0.2, 0) is 4.79 Å². The summed E-state index contributed by atoms with van der Waals surface area (Å²) in [6, 6.07) is 3.91. The molecule has 94 valence electrons. The van der Waals surface area contributed by atoms with Crippen LogP contribution in [0.1, 0.15) is 13.0 Å². The van der Waals surface area contributed by atoms with E-state index in [4.69, 9.17) is 5.11 Å². The number of hydrogen-bond donors (Lipinski definition) is 1. The van der Waals surface area contributed by atoms with Gasteiger partial charge in [0.05, 0.1) is 5.69 Å². The van der Waals surface area contributed by atoms with Crippen LogP contribution in [-0.4, -0.2) is 30.9 Å². The minimum Gasteiger partial charge on any atom is -0.480 e. The van der Waals surface area contributed by atoms with E-state index in [0.29, 0.717) is 5.69 Å². The highest BCUT2D eigenvalue weighted by Crippen LogP contribution is 2.06. The van der Waals surface area contributed by atoms with Crippen molar-refractivity contribution in [2.24, 2.45) is 0 Å². The highest BCUT2D eigenvalue weighted by molar-refractivity contribution is 5.71. The summed E-state index contributed by atoms with van der Waals surface area (Å²) < 4.78 is 14.4. The molecule has 0 aliphatic carbocycles. The molecular weight excluding hydrogens is 243 g/mol. The molecule has 0 bridgehead atoms. The van der Waals surface area contributed by atoms with Gasteiger partial charge < -0.3 is 5.11 Å². The summed E-state index contributed by atoms with van der Waals surface area (Å²) in [5.74, 6) is -1.64. The van der Waals surface area contributed by atoms with Gasteiger partial charge in [-0.05, 0) is 41.6 Å². The summed E-state index contributed by atoms with van der Waals surface area (Å²) in [5.41, 5.74) is -0.387. The Kier molecular flexibility index (Phi) is 2.92. The first-order chi connectivity index (χ1) is 8.50. The Morgan fingerprint density at radius 3 is 2.50 bits per heavy atom. The Morgan fingerprint density at radius 2 is 1.94 bits per heavy atom. The fourth-order valence-corrected chi connectivity index (χ4v) is 1.35. The average molecular weight is 252 g/mol. The van der Waals surface area contributed by atoms with E-state index < -0.39 is 23.5 Å². The van der Waals surface area contributed by atoms with Gasteiger partial charge in [0.25, 0.3) is 0 Å². The quantitative estimate of drug-likeness (QED) is 0.843. The monoisotopic (exact) mass is 252 g/mol. The number of aromatic nitrogens is 4. The van der Waals surface area contributed by atoms with Gasteiger partial charge in [0.2, 0.25) is 0 Å². The molecule has 1 heterocycles. The zero-order valence-electron chi connectivity index (χ0n) is 9.32. The summed E-state index contributed by atoms with van der Waals surface area (Å²) in [5, 5.41) is 15.8. The van der Waals surface area contributed by atoms with Crippen molar-refractivity contribution < 1.29 is 14.3 Å². The second-order valence-corrected chi connectivity index (χ2v) is 3.61. The molecule has 0 aliphatic rings. The van der Waals surface area contributed by atoms with Crippen LogP contribution in [0.3, 0.4) is 0 Å². The molecule has 0 radical (unpaired) electrons. The van der Waals surface area contributed by atoms with Crippen LogP contribution in [0, 0.1) is 5.82 Å². The first-order valence-corrected chi connectivity index (χ1v) is 5.04. The van der Waals surface area contributed by atoms with E-state index in [0.717, 1.165) is 9.36 Å². The number of halogens is 1. The van der Waals surface area contributed by atoms with Crippen LogP contribution in [0.5, 0.6) is 0 Å². The van der Waals surface area contributed by atoms with Crippen LogP contribution in [0.25, 0.3) is 5.69 Å². The van der Waals surface area contributed by atoms with Crippen molar-refractivity contribution in [2.75, 3.05) is 0 Å². The number of carboxylic acids is 1. The van der Waals surface area contributed by atoms with Crippen molar-refractivity contribution in [3.8, 4) is 5.69 Å². The maximum absolute atomic E-state index is 12.7. The molecule has 8 heteroatoms. The van der Waals surface area contributed by atoms with E-state index in [1.54, 1.807) is 0 Å². The summed E-state index contributed by atoms with van der Waals surface area (Å²) in [6.45, 7) is 1.31. The minimum absolute atomic E-state index is 0.310. The molecule has 7 nitrogen and oxygen atoms in total. The van der Waals surface area contributed by atoms with Crippen LogP contribution < -0.4 is 5.69 Å². The molecule has 0 amide bonds. The zero-order chi connectivity index (χ0) is 13.3. The van der Waals surface area contributed by atoms with E-state index in [1.807, 2.05) is 0 Å². The molecule has 1 atom stereocenters. The SMILES string of the molecule is CC(C(=O)O)n1nnn(-c2ccc(F)cc2)c1=O. The largest absolute Gasteiger partial charge is 0.480 e. The number of nitrogens with zero attached hydrogens (tertiary/aromatic N) is 4. The van der Waals surface area contributed by atoms with Crippen molar-refractivity contribution in [3.63, 3.8) is 0 Å². The van der Waals surface area contributed by atoms with Crippen LogP contribution >= 0.6 is 0 Å². The molecule has 2 rings (SSSR count). The Morgan fingerprint density at radius 1 is 1.33 bits per heavy atom. The molecule has 0 saturated carbocycles.